The summed E-state index contributed by atoms with van der Waals surface area (Å²) in [4.78, 5) is 1.81. The fourth-order valence-corrected chi connectivity index (χ4v) is 0.374. The highest BCUT2D eigenvalue weighted by Crippen LogP contribution is 1.70. The van der Waals surface area contributed by atoms with Gasteiger partial charge in [-0.1, -0.05) is 11.8 Å². The summed E-state index contributed by atoms with van der Waals surface area (Å²) in [5, 5.41) is 2.71. The first kappa shape index (κ1) is 8.72. The van der Waals surface area contributed by atoms with Gasteiger partial charge in [-0.15, -0.1) is 0 Å². The Hall–Kier alpha value is -1.28. The molecular weight excluding hydrogens is 124 g/mol. The molecule has 1 N–H and O–H groups in total. The Bertz CT molecular complexity index is 185. The molecular formula is C8H12N2. The monoisotopic (exact) mass is 136 g/mol. The van der Waals surface area contributed by atoms with E-state index in [1.54, 1.807) is 11.9 Å². The number of hydrogen-bond donors (Lipinski definition) is 1. The van der Waals surface area contributed by atoms with Crippen molar-refractivity contribution < 1.29 is 0 Å². The fraction of sp³-hybridized carbons (Fsp3) is 0.500. The van der Waals surface area contributed by atoms with E-state index in [9.17, 15) is 0 Å². The standard InChI is InChI=1S/C8H12N2/c1-9-7-5-4-6-8-10(2)3/h9H,4H2,1-3H3. The van der Waals surface area contributed by atoms with Crippen molar-refractivity contribution in [3.63, 3.8) is 0 Å². The van der Waals surface area contributed by atoms with E-state index in [0.29, 0.717) is 6.42 Å². The molecule has 0 aliphatic carbocycles. The first-order chi connectivity index (χ1) is 4.77. The van der Waals surface area contributed by atoms with Gasteiger partial charge in [-0.25, -0.2) is 0 Å². The Morgan fingerprint density at radius 2 is 2.00 bits per heavy atom. The van der Waals surface area contributed by atoms with Crippen LogP contribution < -0.4 is 5.32 Å². The topological polar surface area (TPSA) is 15.3 Å². The maximum Gasteiger partial charge on any atom is 0.0739 e. The average molecular weight is 136 g/mol. The van der Waals surface area contributed by atoms with E-state index in [-0.39, 0.29) is 0 Å². The molecule has 0 aromatic rings. The first-order valence-corrected chi connectivity index (χ1v) is 3.08. The molecule has 0 saturated carbocycles. The van der Waals surface area contributed by atoms with E-state index in [1.165, 1.54) is 0 Å². The van der Waals surface area contributed by atoms with Gasteiger partial charge in [-0.2, -0.15) is 0 Å². The van der Waals surface area contributed by atoms with Gasteiger partial charge in [-0.3, -0.25) is 0 Å². The van der Waals surface area contributed by atoms with E-state index in [2.05, 4.69) is 29.2 Å². The second-order valence-corrected chi connectivity index (χ2v) is 1.91. The molecule has 0 heterocycles. The number of nitrogens with one attached hydrogen (secondary N) is 1. The van der Waals surface area contributed by atoms with Crippen LogP contribution in [-0.2, 0) is 0 Å². The highest BCUT2D eigenvalue weighted by atomic mass is 15.0. The van der Waals surface area contributed by atoms with Gasteiger partial charge in [0, 0.05) is 33.2 Å². The molecule has 10 heavy (non-hydrogen) atoms. The van der Waals surface area contributed by atoms with Crippen molar-refractivity contribution in [2.45, 2.75) is 6.42 Å². The lowest BCUT2D eigenvalue weighted by Crippen LogP contribution is -2.00. The van der Waals surface area contributed by atoms with Crippen molar-refractivity contribution in [2.75, 3.05) is 21.1 Å². The highest BCUT2D eigenvalue weighted by Gasteiger charge is 1.70. The van der Waals surface area contributed by atoms with E-state index in [1.807, 2.05) is 14.1 Å². The summed E-state index contributed by atoms with van der Waals surface area (Å²) in [5.41, 5.74) is 0. The van der Waals surface area contributed by atoms with Crippen molar-refractivity contribution in [1.82, 2.24) is 10.2 Å². The lowest BCUT2D eigenvalue weighted by Gasteiger charge is -1.95. The molecule has 0 aromatic heterocycles. The SMILES string of the molecule is CNC#CCC#CN(C)C. The molecule has 0 rings (SSSR count). The summed E-state index contributed by atoms with van der Waals surface area (Å²) in [7, 11) is 5.59. The Morgan fingerprint density at radius 3 is 2.50 bits per heavy atom. The third-order valence-corrected chi connectivity index (χ3v) is 0.693. The average Bonchev–Trinajstić information content (AvgIpc) is 1.87. The zero-order valence-electron chi connectivity index (χ0n) is 6.65. The number of nitrogens with zero attached hydrogens (tertiary/aromatic N) is 1. The van der Waals surface area contributed by atoms with Crippen LogP contribution in [0.3, 0.4) is 0 Å². The van der Waals surface area contributed by atoms with Crippen LogP contribution in [0.2, 0.25) is 0 Å². The molecule has 0 aromatic carbocycles. The van der Waals surface area contributed by atoms with Crippen LogP contribution in [-0.4, -0.2) is 26.0 Å². The Kier molecular flexibility index (Phi) is 5.10. The minimum atomic E-state index is 0.624. The van der Waals surface area contributed by atoms with E-state index < -0.39 is 0 Å². The molecule has 0 amide bonds. The van der Waals surface area contributed by atoms with Gasteiger partial charge in [0.25, 0.3) is 0 Å². The van der Waals surface area contributed by atoms with Gasteiger partial charge in [0.1, 0.15) is 0 Å². The lowest BCUT2D eigenvalue weighted by molar-refractivity contribution is 0.597. The summed E-state index contributed by atoms with van der Waals surface area (Å²) in [6.45, 7) is 0. The lowest BCUT2D eigenvalue weighted by atomic mass is 10.4. The van der Waals surface area contributed by atoms with Gasteiger partial charge in [0.2, 0.25) is 0 Å². The molecule has 2 nitrogen and oxygen atoms in total. The Balaban J connectivity index is 3.47. The third-order valence-electron chi connectivity index (χ3n) is 0.693. The fourth-order valence-electron chi connectivity index (χ4n) is 0.374. The van der Waals surface area contributed by atoms with E-state index in [0.717, 1.165) is 0 Å². The molecule has 0 bridgehead atoms. The summed E-state index contributed by atoms with van der Waals surface area (Å²) in [6.07, 6.45) is 0.624. The predicted molar refractivity (Wildman–Crippen MR) is 42.9 cm³/mol. The van der Waals surface area contributed by atoms with Gasteiger partial charge in [-0.05, 0) is 0 Å². The van der Waals surface area contributed by atoms with Crippen LogP contribution in [0.4, 0.5) is 0 Å². The van der Waals surface area contributed by atoms with Crippen molar-refractivity contribution in [3.05, 3.63) is 0 Å². The molecule has 2 heteroatoms. The minimum absolute atomic E-state index is 0.624. The van der Waals surface area contributed by atoms with Crippen LogP contribution in [0, 0.1) is 23.9 Å². The van der Waals surface area contributed by atoms with Crippen molar-refractivity contribution in [1.29, 1.82) is 0 Å². The minimum Gasteiger partial charge on any atom is -0.349 e. The van der Waals surface area contributed by atoms with Crippen LogP contribution in [0.1, 0.15) is 6.42 Å². The molecule has 0 unspecified atom stereocenters. The molecule has 0 aliphatic heterocycles. The number of hydrogen-bond acceptors (Lipinski definition) is 2. The molecule has 0 spiro atoms. The largest absolute Gasteiger partial charge is 0.349 e. The molecule has 0 atom stereocenters. The quantitative estimate of drug-likeness (QED) is 0.375. The number of rotatable bonds is 0. The van der Waals surface area contributed by atoms with Crippen LogP contribution >= 0.6 is 0 Å². The second-order valence-electron chi connectivity index (χ2n) is 1.91. The Labute approximate surface area is 62.6 Å². The zero-order valence-corrected chi connectivity index (χ0v) is 6.65. The normalized spacial score (nSPS) is 6.30. The summed E-state index contributed by atoms with van der Waals surface area (Å²) >= 11 is 0. The van der Waals surface area contributed by atoms with E-state index >= 15 is 0 Å². The van der Waals surface area contributed by atoms with Gasteiger partial charge in [0.15, 0.2) is 0 Å². The predicted octanol–water partition coefficient (Wildman–Crippen LogP) is 0.0793. The molecule has 0 saturated heterocycles. The van der Waals surface area contributed by atoms with Gasteiger partial charge < -0.3 is 10.2 Å². The van der Waals surface area contributed by atoms with Crippen LogP contribution in [0.5, 0.6) is 0 Å². The van der Waals surface area contributed by atoms with E-state index in [4.69, 9.17) is 0 Å². The van der Waals surface area contributed by atoms with Crippen molar-refractivity contribution >= 4 is 0 Å². The van der Waals surface area contributed by atoms with Gasteiger partial charge in [0.05, 0.1) is 6.42 Å². The van der Waals surface area contributed by atoms with Crippen molar-refractivity contribution in [3.8, 4) is 23.9 Å². The maximum atomic E-state index is 2.88. The summed E-state index contributed by atoms with van der Waals surface area (Å²) < 4.78 is 0. The molecule has 0 radical (unpaired) electrons. The van der Waals surface area contributed by atoms with Gasteiger partial charge >= 0.3 is 0 Å². The van der Waals surface area contributed by atoms with Crippen LogP contribution in [0.15, 0.2) is 0 Å². The maximum absolute atomic E-state index is 2.88. The molecule has 0 fully saturated rings. The highest BCUT2D eigenvalue weighted by molar-refractivity contribution is 5.09. The molecule has 54 valence electrons. The molecule has 0 aliphatic rings. The first-order valence-electron chi connectivity index (χ1n) is 3.08. The summed E-state index contributed by atoms with van der Waals surface area (Å²) in [6, 6.07) is 5.56. The third kappa shape index (κ3) is 6.72. The second kappa shape index (κ2) is 5.85. The van der Waals surface area contributed by atoms with Crippen LogP contribution in [0.25, 0.3) is 0 Å². The smallest absolute Gasteiger partial charge is 0.0739 e. The summed E-state index contributed by atoms with van der Waals surface area (Å²) in [5.74, 6) is 5.71. The van der Waals surface area contributed by atoms with Crippen molar-refractivity contribution in [2.24, 2.45) is 0 Å². The Morgan fingerprint density at radius 1 is 1.30 bits per heavy atom. The zero-order chi connectivity index (χ0) is 7.82.